The Morgan fingerprint density at radius 3 is 1.41 bits per heavy atom. The standard InChI is InChI=1S/C66H74N16O12/c1-35(83)58(81-62(89)50(75-57(85)28-67)23-36-29-70-45-15-6-2-11-41(36)45)64(91)78-52(25-38-31-72-47-17-8-4-13-43(38)47)60(87)76-49(20-21-56(68)84)59(86)77-51(24-37-30-71-46-16-7-3-12-42(37)46)61(88)79-53(27-40-33-69-34-74-40)65(92)82-22-10-19-55(82)63(90)80-54(66(93)94)26-39-32-73-48-18-9-5-14-44(39)48/h2-9,11-18,29-35,49-55,58,70-73,83H,10,19-28,67H2,1H3,(H2,68,84)(H,69,74)(H,75,85)(H,76,87)(H,77,86)(H,78,91)(H,79,88)(H,80,90)(H,81,89)(H,93,94)/t35-,49+,50+,51+,52+,53+,54+,55+,58+/m1/s1. The first-order valence-electron chi connectivity index (χ1n) is 30.8. The van der Waals surface area contributed by atoms with E-state index < -0.39 is 133 Å². The number of rotatable bonds is 30. The van der Waals surface area contributed by atoms with Crippen LogP contribution in [0.5, 0.6) is 0 Å². The number of benzene rings is 4. The zero-order chi connectivity index (χ0) is 66.6. The molecule has 1 saturated heterocycles. The fourth-order valence-corrected chi connectivity index (χ4v) is 12.0. The minimum atomic E-state index is -1.74. The van der Waals surface area contributed by atoms with Gasteiger partial charge in [0.2, 0.25) is 53.2 Å². The summed E-state index contributed by atoms with van der Waals surface area (Å²) in [6.45, 7) is 0.842. The number of aromatic nitrogens is 6. The summed E-state index contributed by atoms with van der Waals surface area (Å²) in [5.41, 5.74) is 17.0. The van der Waals surface area contributed by atoms with E-state index in [-0.39, 0.29) is 45.1 Å². The number of carbonyl (C=O) groups excluding carboxylic acids is 9. The Morgan fingerprint density at radius 1 is 0.543 bits per heavy atom. The zero-order valence-corrected chi connectivity index (χ0v) is 51.2. The number of carbonyl (C=O) groups is 10. The van der Waals surface area contributed by atoms with Crippen molar-refractivity contribution >= 4 is 103 Å². The summed E-state index contributed by atoms with van der Waals surface area (Å²) in [5, 5.41) is 43.1. The number of imidazole rings is 1. The van der Waals surface area contributed by atoms with E-state index in [2.05, 4.69) is 67.1 Å². The average Bonchev–Trinajstić information content (AvgIpc) is 1.63. The highest BCUT2D eigenvalue weighted by Crippen LogP contribution is 2.26. The number of nitrogens with zero attached hydrogens (tertiary/aromatic N) is 2. The van der Waals surface area contributed by atoms with Gasteiger partial charge in [0.15, 0.2) is 0 Å². The van der Waals surface area contributed by atoms with Gasteiger partial charge in [0, 0.05) is 125 Å². The Labute approximate surface area is 536 Å². The first-order chi connectivity index (χ1) is 45.3. The van der Waals surface area contributed by atoms with Crippen LogP contribution in [0.25, 0.3) is 43.6 Å². The summed E-state index contributed by atoms with van der Waals surface area (Å²) in [6, 6.07) is 17.1. The van der Waals surface area contributed by atoms with Crippen molar-refractivity contribution in [1.29, 1.82) is 0 Å². The number of hydrogen-bond acceptors (Lipinski definition) is 13. The third-order valence-electron chi connectivity index (χ3n) is 16.9. The SMILES string of the molecule is C[C@@H](O)[C@H](NC(=O)[C@H](Cc1c[nH]c2ccccc12)NC(=O)CN)C(=O)N[C@@H](Cc1c[nH]c2ccccc12)C(=O)N[C@@H](CCC(N)=O)C(=O)N[C@@H](Cc1c[nH]c2ccccc12)C(=O)N[C@@H](Cc1cnc[nH]1)C(=O)N1CCC[C@H]1C(=O)N[C@@H](Cc1c[nH]c2ccccc12)C(=O)O. The molecule has 10 rings (SSSR count). The first kappa shape index (κ1) is 65.8. The number of carboxylic acids is 1. The molecule has 0 spiro atoms. The van der Waals surface area contributed by atoms with Gasteiger partial charge in [-0.1, -0.05) is 72.8 Å². The molecule has 9 amide bonds. The first-order valence-corrected chi connectivity index (χ1v) is 30.8. The lowest BCUT2D eigenvalue weighted by Crippen LogP contribution is -2.62. The number of fused-ring (bicyclic) bond motifs is 4. The molecule has 0 unspecified atom stereocenters. The molecule has 1 fully saturated rings. The quantitative estimate of drug-likeness (QED) is 0.0298. The number of para-hydroxylation sites is 4. The fraction of sp³-hybridized carbons (Fsp3) is 0.318. The molecule has 1 aliphatic rings. The maximum atomic E-state index is 15.2. The van der Waals surface area contributed by atoms with Gasteiger partial charge in [-0.3, -0.25) is 43.2 Å². The highest BCUT2D eigenvalue weighted by atomic mass is 16.4. The highest BCUT2D eigenvalue weighted by molar-refractivity contribution is 6.00. The lowest BCUT2D eigenvalue weighted by atomic mass is 10.0. The van der Waals surface area contributed by atoms with Crippen LogP contribution in [0.2, 0.25) is 0 Å². The van der Waals surface area contributed by atoms with Crippen LogP contribution >= 0.6 is 0 Å². The van der Waals surface area contributed by atoms with Gasteiger partial charge < -0.3 is 88.7 Å². The molecule has 6 heterocycles. The third kappa shape index (κ3) is 15.8. The van der Waals surface area contributed by atoms with Crippen molar-refractivity contribution in [2.24, 2.45) is 11.5 Å². The monoisotopic (exact) mass is 1280 g/mol. The van der Waals surface area contributed by atoms with E-state index in [9.17, 15) is 39.0 Å². The number of aliphatic hydroxyl groups excluding tert-OH is 1. The molecule has 0 saturated carbocycles. The number of primary amides is 1. The summed E-state index contributed by atoms with van der Waals surface area (Å²) in [7, 11) is 0. The van der Waals surface area contributed by atoms with Crippen molar-refractivity contribution in [3.05, 3.63) is 162 Å². The number of carboxylic acid groups (broad SMARTS) is 1. The number of aliphatic hydroxyl groups is 1. The van der Waals surface area contributed by atoms with Crippen LogP contribution in [0.4, 0.5) is 0 Å². The second-order valence-corrected chi connectivity index (χ2v) is 23.4. The topological polar surface area (TPSA) is 442 Å². The van der Waals surface area contributed by atoms with Crippen LogP contribution in [0.3, 0.4) is 0 Å². The summed E-state index contributed by atoms with van der Waals surface area (Å²) >= 11 is 0. The number of aliphatic carboxylic acids is 1. The fourth-order valence-electron chi connectivity index (χ4n) is 12.0. The average molecular weight is 1280 g/mol. The molecule has 0 radical (unpaired) electrons. The molecule has 0 aliphatic carbocycles. The van der Waals surface area contributed by atoms with Gasteiger partial charge in [-0.2, -0.15) is 0 Å². The van der Waals surface area contributed by atoms with Crippen LogP contribution < -0.4 is 48.7 Å². The molecular formula is C66H74N16O12. The van der Waals surface area contributed by atoms with Crippen molar-refractivity contribution in [3.63, 3.8) is 0 Å². The Bertz CT molecular complexity index is 4250. The molecule has 18 N–H and O–H groups in total. The van der Waals surface area contributed by atoms with E-state index >= 15 is 19.2 Å². The van der Waals surface area contributed by atoms with E-state index in [1.165, 1.54) is 24.3 Å². The number of nitrogens with two attached hydrogens (primary N) is 2. The van der Waals surface area contributed by atoms with Crippen LogP contribution in [0, 0.1) is 0 Å². The van der Waals surface area contributed by atoms with Crippen molar-refractivity contribution in [2.75, 3.05) is 13.1 Å². The zero-order valence-electron chi connectivity index (χ0n) is 51.2. The molecule has 9 atom stereocenters. The summed E-state index contributed by atoms with van der Waals surface area (Å²) in [6.07, 6.45) is 6.73. The number of amides is 9. The molecule has 490 valence electrons. The van der Waals surface area contributed by atoms with Crippen LogP contribution in [-0.4, -0.2) is 172 Å². The Hall–Kier alpha value is -11.1. The molecule has 4 aromatic carbocycles. The van der Waals surface area contributed by atoms with Crippen molar-refractivity contribution in [2.45, 2.75) is 119 Å². The normalized spacial score (nSPS) is 15.6. The molecule has 9 aromatic rings. The van der Waals surface area contributed by atoms with E-state index in [1.54, 1.807) is 79.4 Å². The maximum absolute atomic E-state index is 15.2. The van der Waals surface area contributed by atoms with E-state index in [0.29, 0.717) is 56.2 Å². The van der Waals surface area contributed by atoms with Crippen LogP contribution in [0.15, 0.2) is 134 Å². The lowest BCUT2D eigenvalue weighted by molar-refractivity contribution is -0.145. The number of hydrogen-bond donors (Lipinski definition) is 16. The molecule has 28 heteroatoms. The minimum Gasteiger partial charge on any atom is -0.480 e. The minimum absolute atomic E-state index is 0.0597. The van der Waals surface area contributed by atoms with E-state index in [1.807, 2.05) is 42.5 Å². The summed E-state index contributed by atoms with van der Waals surface area (Å²) in [4.78, 5) is 162. The number of likely N-dealkylation sites (tertiary alicyclic amines) is 1. The lowest BCUT2D eigenvalue weighted by Gasteiger charge is -2.30. The largest absolute Gasteiger partial charge is 0.480 e. The Morgan fingerprint density at radius 2 is 0.968 bits per heavy atom. The van der Waals surface area contributed by atoms with E-state index in [4.69, 9.17) is 11.5 Å². The molecular weight excluding hydrogens is 1210 g/mol. The predicted octanol–water partition coefficient (Wildman–Crippen LogP) is 0.922. The maximum Gasteiger partial charge on any atom is 0.326 e. The molecule has 5 aromatic heterocycles. The van der Waals surface area contributed by atoms with Gasteiger partial charge in [0.1, 0.15) is 48.3 Å². The highest BCUT2D eigenvalue weighted by Gasteiger charge is 2.41. The number of H-pyrrole nitrogens is 5. The van der Waals surface area contributed by atoms with Gasteiger partial charge >= 0.3 is 5.97 Å². The van der Waals surface area contributed by atoms with Crippen LogP contribution in [0.1, 0.15) is 60.6 Å². The smallest absolute Gasteiger partial charge is 0.326 e. The molecule has 0 bridgehead atoms. The van der Waals surface area contributed by atoms with E-state index in [0.717, 1.165) is 21.8 Å². The second kappa shape index (κ2) is 29.9. The van der Waals surface area contributed by atoms with Crippen molar-refractivity contribution in [1.82, 2.24) is 72.0 Å². The number of nitrogens with one attached hydrogen (secondary N) is 12. The van der Waals surface area contributed by atoms with Crippen LogP contribution in [-0.2, 0) is 80.0 Å². The van der Waals surface area contributed by atoms with Gasteiger partial charge in [0.25, 0.3) is 0 Å². The molecule has 94 heavy (non-hydrogen) atoms. The van der Waals surface area contributed by atoms with Gasteiger partial charge in [-0.15, -0.1) is 0 Å². The third-order valence-corrected chi connectivity index (χ3v) is 16.9. The Balaban J connectivity index is 0.905. The predicted molar refractivity (Wildman–Crippen MR) is 345 cm³/mol. The van der Waals surface area contributed by atoms with Gasteiger partial charge in [0.05, 0.1) is 19.0 Å². The van der Waals surface area contributed by atoms with Gasteiger partial charge in [-0.25, -0.2) is 9.78 Å². The molecule has 28 nitrogen and oxygen atoms in total. The second-order valence-electron chi connectivity index (χ2n) is 23.4. The molecule has 1 aliphatic heterocycles. The van der Waals surface area contributed by atoms with Gasteiger partial charge in [-0.05, 0) is 72.7 Å². The van der Waals surface area contributed by atoms with Crippen molar-refractivity contribution < 1.29 is 58.2 Å². The summed E-state index contributed by atoms with van der Waals surface area (Å²) < 4.78 is 0. The van der Waals surface area contributed by atoms with Crippen molar-refractivity contribution in [3.8, 4) is 0 Å². The summed E-state index contributed by atoms with van der Waals surface area (Å²) in [5.74, 6) is -9.01. The number of aromatic amines is 5. The Kier molecular flexibility index (Phi) is 20.9.